The van der Waals surface area contributed by atoms with Gasteiger partial charge in [-0.2, -0.15) is 0 Å². The van der Waals surface area contributed by atoms with E-state index in [1.165, 1.54) is 6.07 Å². The second kappa shape index (κ2) is 6.31. The van der Waals surface area contributed by atoms with Crippen molar-refractivity contribution in [1.82, 2.24) is 10.6 Å². The van der Waals surface area contributed by atoms with E-state index in [4.69, 9.17) is 0 Å². The molecule has 1 aliphatic rings. The molecule has 1 aliphatic heterocycles. The van der Waals surface area contributed by atoms with Crippen LogP contribution in [-0.2, 0) is 4.79 Å². The molecule has 2 atom stereocenters. The van der Waals surface area contributed by atoms with Crippen LogP contribution in [0, 0.1) is 17.6 Å². The molecule has 0 saturated carbocycles. The van der Waals surface area contributed by atoms with Gasteiger partial charge in [0, 0.05) is 24.4 Å². The van der Waals surface area contributed by atoms with E-state index in [2.05, 4.69) is 10.6 Å². The zero-order chi connectivity index (χ0) is 14.7. The number of hydrogen-bond acceptors (Lipinski definition) is 2. The number of carbonyl (C=O) groups is 1. The van der Waals surface area contributed by atoms with Gasteiger partial charge in [0.25, 0.3) is 0 Å². The summed E-state index contributed by atoms with van der Waals surface area (Å²) < 4.78 is 26.4. The van der Waals surface area contributed by atoms with Crippen molar-refractivity contribution in [2.24, 2.45) is 5.92 Å². The Balaban J connectivity index is 2.17. The normalized spacial score (nSPS) is 22.9. The van der Waals surface area contributed by atoms with E-state index in [1.54, 1.807) is 6.07 Å². The first-order valence-corrected chi connectivity index (χ1v) is 6.95. The highest BCUT2D eigenvalue weighted by molar-refractivity contribution is 5.78. The highest BCUT2D eigenvalue weighted by Crippen LogP contribution is 2.27. The van der Waals surface area contributed by atoms with E-state index in [1.807, 2.05) is 13.8 Å². The molecule has 0 radical (unpaired) electrons. The molecule has 2 unspecified atom stereocenters. The number of hydrogen-bond donors (Lipinski definition) is 2. The Bertz CT molecular complexity index is 491. The molecule has 5 heteroatoms. The molecule has 1 heterocycles. The third-order valence-electron chi connectivity index (χ3n) is 3.71. The van der Waals surface area contributed by atoms with Crippen molar-refractivity contribution in [3.8, 4) is 0 Å². The summed E-state index contributed by atoms with van der Waals surface area (Å²) in [4.78, 5) is 11.8. The van der Waals surface area contributed by atoms with Gasteiger partial charge >= 0.3 is 0 Å². The van der Waals surface area contributed by atoms with Gasteiger partial charge in [-0.25, -0.2) is 8.78 Å². The van der Waals surface area contributed by atoms with Gasteiger partial charge in [-0.1, -0.05) is 19.9 Å². The van der Waals surface area contributed by atoms with Crippen LogP contribution in [0.25, 0.3) is 0 Å². The summed E-state index contributed by atoms with van der Waals surface area (Å²) in [5, 5.41) is 6.21. The summed E-state index contributed by atoms with van der Waals surface area (Å²) in [7, 11) is 0. The molecule has 1 aromatic rings. The van der Waals surface area contributed by atoms with Gasteiger partial charge in [0.15, 0.2) is 11.6 Å². The van der Waals surface area contributed by atoms with E-state index in [-0.39, 0.29) is 23.8 Å². The first kappa shape index (κ1) is 14.9. The van der Waals surface area contributed by atoms with Crippen molar-refractivity contribution < 1.29 is 13.6 Å². The molecule has 0 bridgehead atoms. The van der Waals surface area contributed by atoms with Crippen LogP contribution in [0.15, 0.2) is 18.2 Å². The maximum atomic E-state index is 13.4. The van der Waals surface area contributed by atoms with Gasteiger partial charge in [0.05, 0.1) is 0 Å². The smallest absolute Gasteiger partial charge is 0.222 e. The van der Waals surface area contributed by atoms with Crippen LogP contribution in [0.3, 0.4) is 0 Å². The second-order valence-electron chi connectivity index (χ2n) is 5.54. The van der Waals surface area contributed by atoms with Crippen LogP contribution >= 0.6 is 0 Å². The lowest BCUT2D eigenvalue weighted by Gasteiger charge is -2.33. The minimum absolute atomic E-state index is 0.00838. The number of piperidine rings is 1. The van der Waals surface area contributed by atoms with E-state index in [0.29, 0.717) is 6.54 Å². The van der Waals surface area contributed by atoms with E-state index >= 15 is 0 Å². The quantitative estimate of drug-likeness (QED) is 0.892. The number of carbonyl (C=O) groups excluding carboxylic acids is 1. The summed E-state index contributed by atoms with van der Waals surface area (Å²) in [6, 6.07) is 3.89. The molecule has 1 saturated heterocycles. The van der Waals surface area contributed by atoms with Crippen molar-refractivity contribution in [3.63, 3.8) is 0 Å². The molecule has 0 aromatic heterocycles. The van der Waals surface area contributed by atoms with Crippen LogP contribution in [-0.4, -0.2) is 25.0 Å². The van der Waals surface area contributed by atoms with Crippen LogP contribution in [0.5, 0.6) is 0 Å². The van der Waals surface area contributed by atoms with E-state index < -0.39 is 11.6 Å². The van der Waals surface area contributed by atoms with Crippen molar-refractivity contribution >= 4 is 5.91 Å². The van der Waals surface area contributed by atoms with Crippen molar-refractivity contribution in [3.05, 3.63) is 35.4 Å². The third kappa shape index (κ3) is 3.33. The fourth-order valence-corrected chi connectivity index (χ4v) is 2.50. The molecule has 3 nitrogen and oxygen atoms in total. The number of amides is 1. The average molecular weight is 282 g/mol. The van der Waals surface area contributed by atoms with Crippen LogP contribution in [0.4, 0.5) is 8.78 Å². The summed E-state index contributed by atoms with van der Waals surface area (Å²) >= 11 is 0. The molecule has 2 N–H and O–H groups in total. The Hall–Kier alpha value is -1.49. The zero-order valence-corrected chi connectivity index (χ0v) is 11.7. The van der Waals surface area contributed by atoms with Crippen LogP contribution in [0.1, 0.15) is 31.7 Å². The predicted molar refractivity (Wildman–Crippen MR) is 73.4 cm³/mol. The summed E-state index contributed by atoms with van der Waals surface area (Å²) in [6.07, 6.45) is 0.786. The average Bonchev–Trinajstić information content (AvgIpc) is 2.42. The van der Waals surface area contributed by atoms with Crippen LogP contribution < -0.4 is 10.6 Å². The van der Waals surface area contributed by atoms with Gasteiger partial charge in [-0.05, 0) is 30.7 Å². The molecule has 110 valence electrons. The van der Waals surface area contributed by atoms with E-state index in [9.17, 15) is 13.6 Å². The fraction of sp³-hybridized carbons (Fsp3) is 0.533. The predicted octanol–water partition coefficient (Wildman–Crippen LogP) is 2.18. The maximum absolute atomic E-state index is 13.4. The number of benzene rings is 1. The van der Waals surface area contributed by atoms with Crippen molar-refractivity contribution in [2.45, 2.75) is 32.2 Å². The van der Waals surface area contributed by atoms with Crippen LogP contribution in [0.2, 0.25) is 0 Å². The third-order valence-corrected chi connectivity index (χ3v) is 3.71. The Labute approximate surface area is 117 Å². The molecule has 0 aliphatic carbocycles. The van der Waals surface area contributed by atoms with Gasteiger partial charge in [0.1, 0.15) is 0 Å². The molecule has 1 fully saturated rings. The molecule has 1 amide bonds. The Morgan fingerprint density at radius 2 is 2.10 bits per heavy atom. The highest BCUT2D eigenvalue weighted by Gasteiger charge is 2.28. The largest absolute Gasteiger partial charge is 0.351 e. The Morgan fingerprint density at radius 3 is 2.75 bits per heavy atom. The first-order valence-electron chi connectivity index (χ1n) is 6.95. The number of rotatable bonds is 3. The van der Waals surface area contributed by atoms with Crippen molar-refractivity contribution in [2.75, 3.05) is 13.1 Å². The SMILES string of the molecule is CC(C)C(=O)NC1CNCCC1c1ccc(F)c(F)c1. The minimum Gasteiger partial charge on any atom is -0.351 e. The number of nitrogens with one attached hydrogen (secondary N) is 2. The molecule has 20 heavy (non-hydrogen) atoms. The highest BCUT2D eigenvalue weighted by atomic mass is 19.2. The second-order valence-corrected chi connectivity index (χ2v) is 5.54. The molecule has 1 aromatic carbocycles. The fourth-order valence-electron chi connectivity index (χ4n) is 2.50. The topological polar surface area (TPSA) is 41.1 Å². The van der Waals surface area contributed by atoms with E-state index in [0.717, 1.165) is 24.6 Å². The lowest BCUT2D eigenvalue weighted by molar-refractivity contribution is -0.124. The van der Waals surface area contributed by atoms with Gasteiger partial charge in [0.2, 0.25) is 5.91 Å². The Kier molecular flexibility index (Phi) is 4.70. The molecule has 2 rings (SSSR count). The molecular weight excluding hydrogens is 262 g/mol. The van der Waals surface area contributed by atoms with Crippen molar-refractivity contribution in [1.29, 1.82) is 0 Å². The van der Waals surface area contributed by atoms with Gasteiger partial charge in [-0.15, -0.1) is 0 Å². The maximum Gasteiger partial charge on any atom is 0.222 e. The summed E-state index contributed by atoms with van der Waals surface area (Å²) in [6.45, 7) is 5.11. The standard InChI is InChI=1S/C15H20F2N2O/c1-9(2)15(20)19-14-8-18-6-5-11(14)10-3-4-12(16)13(17)7-10/h3-4,7,9,11,14,18H,5-6,8H2,1-2H3,(H,19,20). The Morgan fingerprint density at radius 1 is 1.35 bits per heavy atom. The lowest BCUT2D eigenvalue weighted by atomic mass is 9.85. The minimum atomic E-state index is -0.842. The summed E-state index contributed by atoms with van der Waals surface area (Å²) in [5.41, 5.74) is 0.736. The summed E-state index contributed by atoms with van der Waals surface area (Å²) in [5.74, 6) is -1.79. The first-order chi connectivity index (χ1) is 9.49. The zero-order valence-electron chi connectivity index (χ0n) is 11.7. The lowest BCUT2D eigenvalue weighted by Crippen LogP contribution is -2.50. The molecule has 0 spiro atoms. The van der Waals surface area contributed by atoms with Gasteiger partial charge in [-0.3, -0.25) is 4.79 Å². The molecular formula is C15H20F2N2O. The van der Waals surface area contributed by atoms with Gasteiger partial charge < -0.3 is 10.6 Å². The monoisotopic (exact) mass is 282 g/mol. The number of halogens is 2.